The van der Waals surface area contributed by atoms with E-state index in [-0.39, 0.29) is 0 Å². The van der Waals surface area contributed by atoms with E-state index >= 15 is 0 Å². The van der Waals surface area contributed by atoms with Gasteiger partial charge in [-0.25, -0.2) is 0 Å². The standard InChI is InChI=1S/C21H30O7/c1-13-11-16(22)18(26-12-14-7-9-15(23-4)10-8-14)19-17(13)27-20(2,24-5)21(3,25-6)28-19/h7-10,16-19,22H,1,11-12H2,2-6H3/t16-,17+,18+,19-,20-,21-/m0/s1. The molecule has 1 heterocycles. The van der Waals surface area contributed by atoms with Gasteiger partial charge in [0.05, 0.1) is 19.8 Å². The van der Waals surface area contributed by atoms with Crippen molar-refractivity contribution in [2.75, 3.05) is 21.3 Å². The molecule has 0 amide bonds. The van der Waals surface area contributed by atoms with Gasteiger partial charge in [-0.3, -0.25) is 0 Å². The molecule has 1 aromatic carbocycles. The highest BCUT2D eigenvalue weighted by molar-refractivity contribution is 5.27. The van der Waals surface area contributed by atoms with Crippen LogP contribution in [0.1, 0.15) is 25.8 Å². The first kappa shape index (κ1) is 21.2. The predicted molar refractivity (Wildman–Crippen MR) is 102 cm³/mol. The molecule has 156 valence electrons. The summed E-state index contributed by atoms with van der Waals surface area (Å²) in [6.45, 7) is 7.89. The second-order valence-electron chi connectivity index (χ2n) is 7.47. The number of aliphatic hydroxyl groups is 1. The molecule has 0 radical (unpaired) electrons. The Morgan fingerprint density at radius 3 is 2.25 bits per heavy atom. The summed E-state index contributed by atoms with van der Waals surface area (Å²) in [5.74, 6) is -1.53. The molecule has 1 saturated carbocycles. The fourth-order valence-electron chi connectivity index (χ4n) is 3.71. The van der Waals surface area contributed by atoms with E-state index in [0.717, 1.165) is 16.9 Å². The molecule has 2 fully saturated rings. The summed E-state index contributed by atoms with van der Waals surface area (Å²) >= 11 is 0. The molecule has 0 unspecified atom stereocenters. The summed E-state index contributed by atoms with van der Waals surface area (Å²) in [4.78, 5) is 0. The number of benzene rings is 1. The minimum atomic E-state index is -1.18. The van der Waals surface area contributed by atoms with Crippen LogP contribution in [0, 0.1) is 0 Å². The lowest BCUT2D eigenvalue weighted by atomic mass is 9.84. The molecular formula is C21H30O7. The Kier molecular flexibility index (Phi) is 6.14. The van der Waals surface area contributed by atoms with Crippen molar-refractivity contribution in [2.45, 2.75) is 62.9 Å². The number of rotatable bonds is 6. The van der Waals surface area contributed by atoms with Crippen LogP contribution in [0.3, 0.4) is 0 Å². The molecule has 0 bridgehead atoms. The quantitative estimate of drug-likeness (QED) is 0.743. The average molecular weight is 394 g/mol. The van der Waals surface area contributed by atoms with Crippen molar-refractivity contribution in [1.82, 2.24) is 0 Å². The van der Waals surface area contributed by atoms with Gasteiger partial charge in [0.25, 0.3) is 0 Å². The van der Waals surface area contributed by atoms with Crippen LogP contribution in [0.15, 0.2) is 36.4 Å². The number of hydrogen-bond donors (Lipinski definition) is 1. The molecular weight excluding hydrogens is 364 g/mol. The Bertz CT molecular complexity index is 690. The molecule has 0 aromatic heterocycles. The second kappa shape index (κ2) is 8.10. The number of hydrogen-bond acceptors (Lipinski definition) is 7. The Hall–Kier alpha value is -1.48. The van der Waals surface area contributed by atoms with Crippen molar-refractivity contribution in [1.29, 1.82) is 0 Å². The lowest BCUT2D eigenvalue weighted by Gasteiger charge is -2.55. The van der Waals surface area contributed by atoms with E-state index in [9.17, 15) is 5.11 Å². The van der Waals surface area contributed by atoms with E-state index in [1.807, 2.05) is 24.3 Å². The molecule has 0 spiro atoms. The van der Waals surface area contributed by atoms with Crippen LogP contribution >= 0.6 is 0 Å². The minimum absolute atomic E-state index is 0.315. The van der Waals surface area contributed by atoms with Crippen LogP contribution in [0.5, 0.6) is 5.75 Å². The average Bonchev–Trinajstić information content (AvgIpc) is 2.70. The largest absolute Gasteiger partial charge is 0.497 e. The first-order valence-electron chi connectivity index (χ1n) is 9.33. The topological polar surface area (TPSA) is 75.6 Å². The molecule has 2 aliphatic rings. The Labute approximate surface area is 166 Å². The number of methoxy groups -OCH3 is 3. The van der Waals surface area contributed by atoms with Crippen molar-refractivity contribution in [3.63, 3.8) is 0 Å². The van der Waals surface area contributed by atoms with Crippen molar-refractivity contribution in [3.8, 4) is 5.75 Å². The predicted octanol–water partition coefficient (Wildman–Crippen LogP) is 2.41. The third-order valence-electron chi connectivity index (χ3n) is 5.79. The van der Waals surface area contributed by atoms with E-state index in [0.29, 0.717) is 13.0 Å². The summed E-state index contributed by atoms with van der Waals surface area (Å²) in [6.07, 6.45) is -2.06. The normalized spacial score (nSPS) is 38.1. The SMILES string of the molecule is C=C1C[C@H](O)[C@@H](OCc2ccc(OC)cc2)[C@H]2O[C@](C)(OC)[C@@](C)(OC)O[C@H]12. The molecule has 7 nitrogen and oxygen atoms in total. The molecule has 1 aliphatic carbocycles. The van der Waals surface area contributed by atoms with Crippen LogP contribution < -0.4 is 4.74 Å². The van der Waals surface area contributed by atoms with Gasteiger partial charge in [-0.2, -0.15) is 0 Å². The first-order valence-corrected chi connectivity index (χ1v) is 9.33. The Morgan fingerprint density at radius 2 is 1.68 bits per heavy atom. The summed E-state index contributed by atoms with van der Waals surface area (Å²) in [5, 5.41) is 10.7. The minimum Gasteiger partial charge on any atom is -0.497 e. The summed E-state index contributed by atoms with van der Waals surface area (Å²) < 4.78 is 34.9. The smallest absolute Gasteiger partial charge is 0.220 e. The van der Waals surface area contributed by atoms with E-state index in [2.05, 4.69) is 6.58 Å². The Balaban J connectivity index is 1.79. The summed E-state index contributed by atoms with van der Waals surface area (Å²) in [6, 6.07) is 7.58. The second-order valence-corrected chi connectivity index (χ2v) is 7.47. The van der Waals surface area contributed by atoms with Crippen molar-refractivity contribution < 1.29 is 33.5 Å². The van der Waals surface area contributed by atoms with Crippen molar-refractivity contribution in [2.24, 2.45) is 0 Å². The molecule has 7 heteroatoms. The van der Waals surface area contributed by atoms with Crippen molar-refractivity contribution in [3.05, 3.63) is 42.0 Å². The molecule has 1 N–H and O–H groups in total. The van der Waals surface area contributed by atoms with E-state index in [4.69, 9.17) is 28.4 Å². The van der Waals surface area contributed by atoms with Crippen LogP contribution in [-0.2, 0) is 30.3 Å². The maximum absolute atomic E-state index is 10.7. The maximum atomic E-state index is 10.7. The summed E-state index contributed by atoms with van der Waals surface area (Å²) in [7, 11) is 4.69. The van der Waals surface area contributed by atoms with E-state index in [1.165, 1.54) is 7.11 Å². The zero-order chi connectivity index (χ0) is 20.5. The van der Waals surface area contributed by atoms with Crippen LogP contribution in [0.25, 0.3) is 0 Å². The lowest BCUT2D eigenvalue weighted by Crippen LogP contribution is -2.69. The highest BCUT2D eigenvalue weighted by Gasteiger charge is 2.60. The lowest BCUT2D eigenvalue weighted by molar-refractivity contribution is -0.455. The van der Waals surface area contributed by atoms with Gasteiger partial charge in [-0.1, -0.05) is 18.7 Å². The van der Waals surface area contributed by atoms with Gasteiger partial charge in [0, 0.05) is 14.2 Å². The highest BCUT2D eigenvalue weighted by atomic mass is 16.8. The fraction of sp³-hybridized carbons (Fsp3) is 0.619. The zero-order valence-electron chi connectivity index (χ0n) is 17.1. The monoisotopic (exact) mass is 394 g/mol. The number of aliphatic hydroxyl groups excluding tert-OH is 1. The van der Waals surface area contributed by atoms with Crippen LogP contribution in [0.4, 0.5) is 0 Å². The van der Waals surface area contributed by atoms with Gasteiger partial charge in [-0.15, -0.1) is 0 Å². The third kappa shape index (κ3) is 3.70. The zero-order valence-corrected chi connectivity index (χ0v) is 17.1. The molecule has 1 saturated heterocycles. The molecule has 1 aliphatic heterocycles. The Morgan fingerprint density at radius 1 is 1.07 bits per heavy atom. The van der Waals surface area contributed by atoms with E-state index in [1.54, 1.807) is 28.1 Å². The molecule has 6 atom stereocenters. The third-order valence-corrected chi connectivity index (χ3v) is 5.79. The maximum Gasteiger partial charge on any atom is 0.220 e. The van der Waals surface area contributed by atoms with Gasteiger partial charge >= 0.3 is 0 Å². The highest BCUT2D eigenvalue weighted by Crippen LogP contribution is 2.45. The first-order chi connectivity index (χ1) is 13.3. The van der Waals surface area contributed by atoms with Gasteiger partial charge in [0.1, 0.15) is 24.1 Å². The molecule has 1 aromatic rings. The number of ether oxygens (including phenoxy) is 6. The van der Waals surface area contributed by atoms with Gasteiger partial charge in [-0.05, 0) is 43.5 Å². The number of fused-ring (bicyclic) bond motifs is 1. The summed E-state index contributed by atoms with van der Waals surface area (Å²) in [5.41, 5.74) is 1.70. The van der Waals surface area contributed by atoms with Crippen LogP contribution in [0.2, 0.25) is 0 Å². The molecule has 28 heavy (non-hydrogen) atoms. The molecule has 3 rings (SSSR count). The van der Waals surface area contributed by atoms with Gasteiger partial charge in [0.2, 0.25) is 11.6 Å². The van der Waals surface area contributed by atoms with Crippen LogP contribution in [-0.4, -0.2) is 62.4 Å². The fourth-order valence-corrected chi connectivity index (χ4v) is 3.71. The van der Waals surface area contributed by atoms with E-state index < -0.39 is 36.0 Å². The van der Waals surface area contributed by atoms with Gasteiger partial charge < -0.3 is 33.5 Å². The van der Waals surface area contributed by atoms with Crippen molar-refractivity contribution >= 4 is 0 Å². The van der Waals surface area contributed by atoms with Gasteiger partial charge in [0.15, 0.2) is 0 Å².